The fraction of sp³-hybridized carbons (Fsp3) is 0.417. The van der Waals surface area contributed by atoms with E-state index in [1.165, 1.54) is 12.3 Å². The lowest BCUT2D eigenvalue weighted by molar-refractivity contribution is -0.385. The van der Waals surface area contributed by atoms with Crippen molar-refractivity contribution in [3.8, 4) is 5.75 Å². The quantitative estimate of drug-likeness (QED) is 0.523. The van der Waals surface area contributed by atoms with Crippen LogP contribution in [0.2, 0.25) is 5.02 Å². The first-order chi connectivity index (χ1) is 9.08. The highest BCUT2D eigenvalue weighted by atomic mass is 35.5. The second-order valence-corrected chi connectivity index (χ2v) is 4.69. The summed E-state index contributed by atoms with van der Waals surface area (Å²) in [6.07, 6.45) is 3.45. The van der Waals surface area contributed by atoms with E-state index in [1.807, 2.05) is 0 Å². The van der Waals surface area contributed by atoms with Crippen molar-refractivity contribution in [2.75, 3.05) is 13.2 Å². The lowest BCUT2D eigenvalue weighted by atomic mass is 10.2. The van der Waals surface area contributed by atoms with Gasteiger partial charge in [-0.05, 0) is 18.9 Å². The zero-order valence-corrected chi connectivity index (χ0v) is 10.8. The molecule has 0 spiro atoms. The minimum Gasteiger partial charge on any atom is -0.502 e. The largest absolute Gasteiger partial charge is 0.502 e. The summed E-state index contributed by atoms with van der Waals surface area (Å²) in [5.74, 6) is -0.425. The molecule has 1 aliphatic rings. The average molecular weight is 285 g/mol. The maximum Gasteiger partial charge on any atom is 0.312 e. The SMILES string of the molecule is O=[N+]([O-])c1cc(Cl)cc(C=NC[C@H]2CCCO2)c1O. The van der Waals surface area contributed by atoms with Crippen LogP contribution in [0.5, 0.6) is 5.75 Å². The Kier molecular flexibility index (Phi) is 4.34. The van der Waals surface area contributed by atoms with Crippen LogP contribution in [0, 0.1) is 10.1 Å². The molecule has 0 aromatic heterocycles. The zero-order chi connectivity index (χ0) is 13.8. The van der Waals surface area contributed by atoms with Crippen molar-refractivity contribution in [3.63, 3.8) is 0 Å². The summed E-state index contributed by atoms with van der Waals surface area (Å²) in [7, 11) is 0. The van der Waals surface area contributed by atoms with Crippen LogP contribution in [-0.4, -0.2) is 35.5 Å². The van der Waals surface area contributed by atoms with Gasteiger partial charge < -0.3 is 9.84 Å². The summed E-state index contributed by atoms with van der Waals surface area (Å²) in [6.45, 7) is 1.22. The molecule has 1 aromatic carbocycles. The zero-order valence-electron chi connectivity index (χ0n) is 10.1. The number of hydrogen-bond acceptors (Lipinski definition) is 5. The van der Waals surface area contributed by atoms with Crippen molar-refractivity contribution in [1.29, 1.82) is 0 Å². The Bertz CT molecular complexity index is 513. The van der Waals surface area contributed by atoms with E-state index in [9.17, 15) is 15.2 Å². The van der Waals surface area contributed by atoms with Gasteiger partial charge in [0.05, 0.1) is 17.6 Å². The van der Waals surface area contributed by atoms with Gasteiger partial charge in [0, 0.05) is 29.5 Å². The Morgan fingerprint density at radius 2 is 2.42 bits per heavy atom. The molecule has 1 N–H and O–H groups in total. The van der Waals surface area contributed by atoms with Crippen LogP contribution >= 0.6 is 11.6 Å². The van der Waals surface area contributed by atoms with Crippen molar-refractivity contribution < 1.29 is 14.8 Å². The smallest absolute Gasteiger partial charge is 0.312 e. The van der Waals surface area contributed by atoms with Gasteiger partial charge in [0.1, 0.15) is 0 Å². The standard InChI is InChI=1S/C12H13ClN2O4/c13-9-4-8(12(16)11(5-9)15(17)18)6-14-7-10-2-1-3-19-10/h4-6,10,16H,1-3,7H2/t10-/m1/s1. The molecule has 1 atom stereocenters. The van der Waals surface area contributed by atoms with E-state index in [1.54, 1.807) is 0 Å². The lowest BCUT2D eigenvalue weighted by Crippen LogP contribution is -2.09. The molecule has 0 bridgehead atoms. The van der Waals surface area contributed by atoms with Gasteiger partial charge in [-0.3, -0.25) is 15.1 Å². The number of aromatic hydroxyl groups is 1. The third-order valence-electron chi connectivity index (χ3n) is 2.84. The van der Waals surface area contributed by atoms with Crippen LogP contribution in [-0.2, 0) is 4.74 Å². The van der Waals surface area contributed by atoms with E-state index in [0.717, 1.165) is 25.5 Å². The van der Waals surface area contributed by atoms with Gasteiger partial charge in [-0.1, -0.05) is 11.6 Å². The van der Waals surface area contributed by atoms with Crippen molar-refractivity contribution in [3.05, 3.63) is 32.8 Å². The summed E-state index contributed by atoms with van der Waals surface area (Å²) in [5.41, 5.74) is -0.191. The molecule has 1 heterocycles. The third-order valence-corrected chi connectivity index (χ3v) is 3.06. The molecule has 0 aliphatic carbocycles. The summed E-state index contributed by atoms with van der Waals surface area (Å²) in [4.78, 5) is 14.2. The molecule has 0 radical (unpaired) electrons. The molecule has 0 unspecified atom stereocenters. The number of halogens is 1. The molecular weight excluding hydrogens is 272 g/mol. The normalized spacial score (nSPS) is 19.1. The molecule has 2 rings (SSSR count). The predicted molar refractivity (Wildman–Crippen MR) is 71.2 cm³/mol. The van der Waals surface area contributed by atoms with Crippen molar-refractivity contribution in [2.24, 2.45) is 4.99 Å². The summed E-state index contributed by atoms with van der Waals surface area (Å²) < 4.78 is 5.40. The van der Waals surface area contributed by atoms with E-state index < -0.39 is 16.4 Å². The predicted octanol–water partition coefficient (Wildman–Crippen LogP) is 2.55. The number of phenolic OH excluding ortho intramolecular Hbond substituents is 1. The highest BCUT2D eigenvalue weighted by molar-refractivity contribution is 6.31. The van der Waals surface area contributed by atoms with E-state index in [2.05, 4.69) is 4.99 Å². The maximum absolute atomic E-state index is 10.7. The number of nitro groups is 1. The molecule has 0 saturated carbocycles. The van der Waals surface area contributed by atoms with E-state index in [-0.39, 0.29) is 16.7 Å². The number of nitro benzene ring substituents is 1. The fourth-order valence-corrected chi connectivity index (χ4v) is 2.12. The Labute approximate surface area is 114 Å². The molecule has 1 aliphatic heterocycles. The van der Waals surface area contributed by atoms with Gasteiger partial charge in [-0.15, -0.1) is 0 Å². The number of nitrogens with zero attached hydrogens (tertiary/aromatic N) is 2. The Hall–Kier alpha value is -1.66. The summed E-state index contributed by atoms with van der Waals surface area (Å²) in [6, 6.07) is 2.54. The molecule has 0 amide bonds. The number of benzene rings is 1. The first kappa shape index (κ1) is 13.8. The summed E-state index contributed by atoms with van der Waals surface area (Å²) in [5, 5.41) is 20.7. The van der Waals surface area contributed by atoms with E-state index in [0.29, 0.717) is 6.54 Å². The van der Waals surface area contributed by atoms with Crippen LogP contribution in [0.3, 0.4) is 0 Å². The molecule has 102 valence electrons. The lowest BCUT2D eigenvalue weighted by Gasteiger charge is -2.05. The minimum atomic E-state index is -0.682. The van der Waals surface area contributed by atoms with E-state index >= 15 is 0 Å². The first-order valence-electron chi connectivity index (χ1n) is 5.86. The minimum absolute atomic E-state index is 0.0903. The summed E-state index contributed by atoms with van der Waals surface area (Å²) >= 11 is 5.77. The molecular formula is C12H13ClN2O4. The first-order valence-corrected chi connectivity index (χ1v) is 6.24. The Morgan fingerprint density at radius 1 is 1.63 bits per heavy atom. The van der Waals surface area contributed by atoms with Crippen LogP contribution in [0.4, 0.5) is 5.69 Å². The molecule has 1 fully saturated rings. The maximum atomic E-state index is 10.7. The van der Waals surface area contributed by atoms with Crippen LogP contribution in [0.25, 0.3) is 0 Å². The molecule has 7 heteroatoms. The number of phenols is 1. The number of rotatable bonds is 4. The van der Waals surface area contributed by atoms with Crippen LogP contribution in [0.1, 0.15) is 18.4 Å². The van der Waals surface area contributed by atoms with Gasteiger partial charge in [0.2, 0.25) is 5.75 Å². The van der Waals surface area contributed by atoms with Gasteiger partial charge in [-0.2, -0.15) is 0 Å². The molecule has 19 heavy (non-hydrogen) atoms. The topological polar surface area (TPSA) is 85.0 Å². The fourth-order valence-electron chi connectivity index (χ4n) is 1.90. The Morgan fingerprint density at radius 3 is 3.05 bits per heavy atom. The number of ether oxygens (including phenoxy) is 1. The van der Waals surface area contributed by atoms with Crippen LogP contribution < -0.4 is 0 Å². The molecule has 6 nitrogen and oxygen atoms in total. The van der Waals surface area contributed by atoms with Gasteiger partial charge in [-0.25, -0.2) is 0 Å². The van der Waals surface area contributed by atoms with Crippen LogP contribution in [0.15, 0.2) is 17.1 Å². The average Bonchev–Trinajstić information content (AvgIpc) is 2.86. The van der Waals surface area contributed by atoms with Gasteiger partial charge >= 0.3 is 5.69 Å². The number of aliphatic imine (C=N–C) groups is 1. The van der Waals surface area contributed by atoms with Crippen molar-refractivity contribution in [2.45, 2.75) is 18.9 Å². The molecule has 1 saturated heterocycles. The van der Waals surface area contributed by atoms with Crippen molar-refractivity contribution >= 4 is 23.5 Å². The Balaban J connectivity index is 2.14. The second kappa shape index (κ2) is 5.99. The number of hydrogen-bond donors (Lipinski definition) is 1. The van der Waals surface area contributed by atoms with E-state index in [4.69, 9.17) is 16.3 Å². The van der Waals surface area contributed by atoms with Gasteiger partial charge in [0.15, 0.2) is 0 Å². The monoisotopic (exact) mass is 284 g/mol. The highest BCUT2D eigenvalue weighted by Crippen LogP contribution is 2.32. The second-order valence-electron chi connectivity index (χ2n) is 4.25. The molecule has 1 aromatic rings. The highest BCUT2D eigenvalue weighted by Gasteiger charge is 2.18. The van der Waals surface area contributed by atoms with Gasteiger partial charge in [0.25, 0.3) is 0 Å². The van der Waals surface area contributed by atoms with Crippen molar-refractivity contribution in [1.82, 2.24) is 0 Å². The third kappa shape index (κ3) is 3.42.